The molecule has 0 atom stereocenters. The fourth-order valence-electron chi connectivity index (χ4n) is 5.91. The third-order valence-electron chi connectivity index (χ3n) is 8.19. The summed E-state index contributed by atoms with van der Waals surface area (Å²) >= 11 is 0. The molecule has 0 aliphatic heterocycles. The number of rotatable bonds is 8. The first kappa shape index (κ1) is 28.3. The van der Waals surface area contributed by atoms with Crippen LogP contribution in [0.15, 0.2) is 48.5 Å². The van der Waals surface area contributed by atoms with E-state index < -0.39 is 17.6 Å². The molecule has 0 bridgehead atoms. The topological polar surface area (TPSA) is 111 Å². The van der Waals surface area contributed by atoms with Crippen molar-refractivity contribution in [3.8, 4) is 0 Å². The number of esters is 2. The summed E-state index contributed by atoms with van der Waals surface area (Å²) in [5, 5.41) is 6.23. The first-order valence-electron chi connectivity index (χ1n) is 13.8. The Labute approximate surface area is 229 Å². The summed E-state index contributed by atoms with van der Waals surface area (Å²) in [6.07, 6.45) is 10.9. The Morgan fingerprint density at radius 2 is 1.03 bits per heavy atom. The van der Waals surface area contributed by atoms with Crippen molar-refractivity contribution in [3.05, 3.63) is 70.8 Å². The second-order valence-corrected chi connectivity index (χ2v) is 10.8. The van der Waals surface area contributed by atoms with Crippen LogP contribution in [-0.4, -0.2) is 43.6 Å². The number of benzene rings is 2. The molecule has 0 saturated heterocycles. The SMILES string of the molecule is COC(=O)c1ccc(C(=O)NC2(NC(=O)c3ccc(C(=O)OC)cc3)CCC(CC3CCCCC3)CC2)cc1. The van der Waals surface area contributed by atoms with Gasteiger partial charge in [0.1, 0.15) is 5.66 Å². The smallest absolute Gasteiger partial charge is 0.337 e. The number of hydrogen-bond donors (Lipinski definition) is 2. The first-order chi connectivity index (χ1) is 18.8. The van der Waals surface area contributed by atoms with E-state index in [1.165, 1.54) is 52.7 Å². The largest absolute Gasteiger partial charge is 0.465 e. The molecule has 0 spiro atoms. The Bertz CT molecular complexity index is 1090. The van der Waals surface area contributed by atoms with E-state index in [0.717, 1.165) is 18.8 Å². The summed E-state index contributed by atoms with van der Waals surface area (Å²) in [4.78, 5) is 50.2. The molecule has 0 unspecified atom stereocenters. The molecule has 208 valence electrons. The van der Waals surface area contributed by atoms with Crippen LogP contribution >= 0.6 is 0 Å². The summed E-state index contributed by atoms with van der Waals surface area (Å²) in [7, 11) is 2.62. The Morgan fingerprint density at radius 1 is 0.641 bits per heavy atom. The molecular formula is C31H38N2O6. The van der Waals surface area contributed by atoms with Crippen LogP contribution < -0.4 is 10.6 Å². The van der Waals surface area contributed by atoms with Crippen LogP contribution in [0.3, 0.4) is 0 Å². The second-order valence-electron chi connectivity index (χ2n) is 10.8. The zero-order valence-electron chi connectivity index (χ0n) is 22.8. The highest BCUT2D eigenvalue weighted by atomic mass is 16.5. The lowest BCUT2D eigenvalue weighted by Gasteiger charge is -2.42. The van der Waals surface area contributed by atoms with Gasteiger partial charge in [-0.2, -0.15) is 0 Å². The average molecular weight is 535 g/mol. The summed E-state index contributed by atoms with van der Waals surface area (Å²) in [6, 6.07) is 12.5. The van der Waals surface area contributed by atoms with Crippen LogP contribution in [0, 0.1) is 11.8 Å². The van der Waals surface area contributed by atoms with Gasteiger partial charge in [-0.1, -0.05) is 32.1 Å². The van der Waals surface area contributed by atoms with E-state index in [1.807, 2.05) is 0 Å². The maximum atomic E-state index is 13.3. The maximum absolute atomic E-state index is 13.3. The zero-order chi connectivity index (χ0) is 27.8. The highest BCUT2D eigenvalue weighted by Gasteiger charge is 2.39. The van der Waals surface area contributed by atoms with Crippen molar-refractivity contribution >= 4 is 23.8 Å². The molecule has 2 N–H and O–H groups in total. The Hall–Kier alpha value is -3.68. The third-order valence-corrected chi connectivity index (χ3v) is 8.19. The Kier molecular flexibility index (Phi) is 9.38. The number of methoxy groups -OCH3 is 2. The summed E-state index contributed by atoms with van der Waals surface area (Å²) < 4.78 is 9.48. The van der Waals surface area contributed by atoms with Gasteiger partial charge in [-0.3, -0.25) is 9.59 Å². The quantitative estimate of drug-likeness (QED) is 0.352. The van der Waals surface area contributed by atoms with Crippen LogP contribution in [0.1, 0.15) is 106 Å². The Balaban J connectivity index is 1.48. The van der Waals surface area contributed by atoms with Crippen molar-refractivity contribution in [2.45, 2.75) is 69.9 Å². The lowest BCUT2D eigenvalue weighted by Crippen LogP contribution is -2.62. The monoisotopic (exact) mass is 534 g/mol. The van der Waals surface area contributed by atoms with Gasteiger partial charge in [0.05, 0.1) is 25.3 Å². The van der Waals surface area contributed by atoms with Crippen molar-refractivity contribution in [3.63, 3.8) is 0 Å². The number of carbonyl (C=O) groups excluding carboxylic acids is 4. The molecule has 0 radical (unpaired) electrons. The van der Waals surface area contributed by atoms with Gasteiger partial charge >= 0.3 is 11.9 Å². The standard InChI is InChI=1S/C31H38N2O6/c1-38-29(36)25-12-8-23(9-13-25)27(34)32-31(18-16-22(17-19-31)20-21-6-4-3-5-7-21)33-28(35)24-10-14-26(15-11-24)30(37)39-2/h8-15,21-22H,3-7,16-20H2,1-2H3,(H,32,34)(H,33,35). The van der Waals surface area contributed by atoms with E-state index in [4.69, 9.17) is 9.47 Å². The predicted molar refractivity (Wildman–Crippen MR) is 146 cm³/mol. The number of hydrogen-bond acceptors (Lipinski definition) is 6. The first-order valence-corrected chi connectivity index (χ1v) is 13.8. The van der Waals surface area contributed by atoms with Gasteiger partial charge in [0.15, 0.2) is 0 Å². The molecular weight excluding hydrogens is 496 g/mol. The normalized spacial score (nSPS) is 17.6. The average Bonchev–Trinajstić information content (AvgIpc) is 2.98. The fraction of sp³-hybridized carbons (Fsp3) is 0.484. The van der Waals surface area contributed by atoms with E-state index in [-0.39, 0.29) is 11.8 Å². The zero-order valence-corrected chi connectivity index (χ0v) is 22.8. The number of amides is 2. The molecule has 0 aromatic heterocycles. The van der Waals surface area contributed by atoms with Gasteiger partial charge in [0.2, 0.25) is 0 Å². The molecule has 2 aliphatic rings. The lowest BCUT2D eigenvalue weighted by atomic mass is 9.74. The van der Waals surface area contributed by atoms with Crippen molar-refractivity contribution < 1.29 is 28.7 Å². The lowest BCUT2D eigenvalue weighted by molar-refractivity contribution is 0.0592. The van der Waals surface area contributed by atoms with Gasteiger partial charge in [0, 0.05) is 11.1 Å². The second kappa shape index (κ2) is 12.9. The van der Waals surface area contributed by atoms with E-state index in [9.17, 15) is 19.2 Å². The van der Waals surface area contributed by atoms with Gasteiger partial charge in [0.25, 0.3) is 11.8 Å². The van der Waals surface area contributed by atoms with Gasteiger partial charge in [-0.15, -0.1) is 0 Å². The summed E-state index contributed by atoms with van der Waals surface area (Å²) in [5.74, 6) is -0.229. The summed E-state index contributed by atoms with van der Waals surface area (Å²) in [5.41, 5.74) is 0.594. The van der Waals surface area contributed by atoms with Crippen LogP contribution in [0.2, 0.25) is 0 Å². The molecule has 8 nitrogen and oxygen atoms in total. The highest BCUT2D eigenvalue weighted by molar-refractivity contribution is 5.99. The molecule has 2 aromatic carbocycles. The number of carbonyl (C=O) groups is 4. The molecule has 2 fully saturated rings. The fourth-order valence-corrected chi connectivity index (χ4v) is 5.91. The van der Waals surface area contributed by atoms with Crippen LogP contribution in [-0.2, 0) is 9.47 Å². The maximum Gasteiger partial charge on any atom is 0.337 e. The van der Waals surface area contributed by atoms with E-state index in [2.05, 4.69) is 10.6 Å². The number of ether oxygens (including phenoxy) is 2. The van der Waals surface area contributed by atoms with Crippen LogP contribution in [0.25, 0.3) is 0 Å². The van der Waals surface area contributed by atoms with E-state index in [0.29, 0.717) is 41.0 Å². The molecule has 0 heterocycles. The van der Waals surface area contributed by atoms with Crippen molar-refractivity contribution in [1.29, 1.82) is 0 Å². The summed E-state index contributed by atoms with van der Waals surface area (Å²) in [6.45, 7) is 0. The van der Waals surface area contributed by atoms with Gasteiger partial charge < -0.3 is 20.1 Å². The molecule has 2 saturated carbocycles. The molecule has 2 aromatic rings. The minimum absolute atomic E-state index is 0.321. The molecule has 2 amide bonds. The third kappa shape index (κ3) is 7.25. The van der Waals surface area contributed by atoms with E-state index in [1.54, 1.807) is 48.5 Å². The van der Waals surface area contributed by atoms with Crippen LogP contribution in [0.4, 0.5) is 0 Å². The highest BCUT2D eigenvalue weighted by Crippen LogP contribution is 2.38. The number of nitrogens with one attached hydrogen (secondary N) is 2. The van der Waals surface area contributed by atoms with Crippen molar-refractivity contribution in [2.75, 3.05) is 14.2 Å². The molecule has 8 heteroatoms. The minimum Gasteiger partial charge on any atom is -0.465 e. The molecule has 4 rings (SSSR count). The Morgan fingerprint density at radius 3 is 1.44 bits per heavy atom. The van der Waals surface area contributed by atoms with Gasteiger partial charge in [-0.25, -0.2) is 9.59 Å². The van der Waals surface area contributed by atoms with Crippen molar-refractivity contribution in [1.82, 2.24) is 10.6 Å². The van der Waals surface area contributed by atoms with Crippen molar-refractivity contribution in [2.24, 2.45) is 11.8 Å². The molecule has 39 heavy (non-hydrogen) atoms. The van der Waals surface area contributed by atoms with E-state index >= 15 is 0 Å². The van der Waals surface area contributed by atoms with Gasteiger partial charge in [-0.05, 0) is 92.5 Å². The van der Waals surface area contributed by atoms with Crippen LogP contribution in [0.5, 0.6) is 0 Å². The minimum atomic E-state index is -0.903. The predicted octanol–water partition coefficient (Wildman–Crippen LogP) is 5.28. The molecule has 2 aliphatic carbocycles.